The van der Waals surface area contributed by atoms with Crippen LogP contribution in [0.2, 0.25) is 0 Å². The number of carbonyl (C=O) groups is 2. The van der Waals surface area contributed by atoms with Crippen molar-refractivity contribution in [3.63, 3.8) is 0 Å². The van der Waals surface area contributed by atoms with Crippen LogP contribution in [0.5, 0.6) is 0 Å². The first kappa shape index (κ1) is 63.4. The van der Waals surface area contributed by atoms with E-state index in [1.54, 1.807) is 0 Å². The molecule has 1 N–H and O–H groups in total. The summed E-state index contributed by atoms with van der Waals surface area (Å²) in [5, 5.41) is 9.61. The van der Waals surface area contributed by atoms with E-state index in [0.29, 0.717) is 12.8 Å². The van der Waals surface area contributed by atoms with Gasteiger partial charge in [0.15, 0.2) is 6.10 Å². The lowest BCUT2D eigenvalue weighted by atomic mass is 10.0. The molecule has 0 saturated heterocycles. The third kappa shape index (κ3) is 54.9. The monoisotopic (exact) mass is 915 g/mol. The molecular weight excluding hydrogens is 801 g/mol. The summed E-state index contributed by atoms with van der Waals surface area (Å²) < 4.78 is 10.7. The molecule has 0 aromatic heterocycles. The van der Waals surface area contributed by atoms with E-state index >= 15 is 0 Å². The van der Waals surface area contributed by atoms with Gasteiger partial charge in [-0.1, -0.05) is 295 Å². The van der Waals surface area contributed by atoms with Crippen LogP contribution in [0, 0.1) is 0 Å². The first-order valence-corrected chi connectivity index (χ1v) is 29.4. The van der Waals surface area contributed by atoms with E-state index in [-0.39, 0.29) is 25.2 Å². The SMILES string of the molecule is CCCCCCC/C=C\C/C=C\CCCCCCCCCCCCCCCCCCCCCCCCCCCCCC(=O)OC(CO)COC(=O)CCCCCCCCCCCCCC. The number of aliphatic hydroxyl groups is 1. The molecule has 0 rings (SSSR count). The quantitative estimate of drug-likeness (QED) is 0.0374. The van der Waals surface area contributed by atoms with Crippen molar-refractivity contribution in [2.24, 2.45) is 0 Å². The molecule has 384 valence electrons. The number of ether oxygens (including phenoxy) is 2. The molecule has 0 aliphatic carbocycles. The van der Waals surface area contributed by atoms with Crippen LogP contribution in [0.15, 0.2) is 24.3 Å². The standard InChI is InChI=1S/C60H114O5/c1-3-5-7-9-11-13-15-17-18-19-20-21-22-23-24-25-26-27-28-29-30-31-32-33-34-35-36-37-38-39-40-41-42-43-45-47-49-51-53-55-60(63)65-58(56-61)57-64-59(62)54-52-50-48-46-44-16-14-12-10-8-6-4-2/h15,17,19-20,58,61H,3-14,16,18,21-57H2,1-2H3/b17-15-,20-19-. The number of unbranched alkanes of at least 4 members (excludes halogenated alkanes) is 43. The van der Waals surface area contributed by atoms with Gasteiger partial charge in [-0.05, 0) is 44.9 Å². The van der Waals surface area contributed by atoms with E-state index in [2.05, 4.69) is 38.2 Å². The number of aliphatic hydroxyl groups excluding tert-OH is 1. The normalized spacial score (nSPS) is 12.2. The van der Waals surface area contributed by atoms with Crippen molar-refractivity contribution < 1.29 is 24.2 Å². The van der Waals surface area contributed by atoms with Gasteiger partial charge in [-0.15, -0.1) is 0 Å². The molecule has 65 heavy (non-hydrogen) atoms. The fourth-order valence-corrected chi connectivity index (χ4v) is 9.06. The van der Waals surface area contributed by atoms with Crippen molar-refractivity contribution >= 4 is 11.9 Å². The van der Waals surface area contributed by atoms with Gasteiger partial charge in [0.05, 0.1) is 6.61 Å². The van der Waals surface area contributed by atoms with Gasteiger partial charge in [0.2, 0.25) is 0 Å². The van der Waals surface area contributed by atoms with Gasteiger partial charge in [0, 0.05) is 12.8 Å². The second-order valence-corrected chi connectivity index (χ2v) is 20.1. The summed E-state index contributed by atoms with van der Waals surface area (Å²) in [6, 6.07) is 0. The molecule has 0 radical (unpaired) electrons. The summed E-state index contributed by atoms with van der Waals surface area (Å²) in [5.41, 5.74) is 0. The number of allylic oxidation sites excluding steroid dienone is 4. The van der Waals surface area contributed by atoms with Gasteiger partial charge in [-0.2, -0.15) is 0 Å². The molecule has 0 spiro atoms. The average Bonchev–Trinajstić information content (AvgIpc) is 3.31. The van der Waals surface area contributed by atoms with Gasteiger partial charge in [-0.25, -0.2) is 0 Å². The molecule has 0 heterocycles. The third-order valence-electron chi connectivity index (χ3n) is 13.5. The van der Waals surface area contributed by atoms with Crippen LogP contribution in [-0.4, -0.2) is 36.4 Å². The molecule has 1 atom stereocenters. The average molecular weight is 916 g/mol. The van der Waals surface area contributed by atoms with Crippen molar-refractivity contribution in [2.75, 3.05) is 13.2 Å². The van der Waals surface area contributed by atoms with Crippen molar-refractivity contribution in [1.82, 2.24) is 0 Å². The lowest BCUT2D eigenvalue weighted by Crippen LogP contribution is -2.28. The molecule has 0 aromatic carbocycles. The maximum absolute atomic E-state index is 12.3. The Balaban J connectivity index is 3.34. The highest BCUT2D eigenvalue weighted by Gasteiger charge is 2.16. The highest BCUT2D eigenvalue weighted by atomic mass is 16.6. The number of hydrogen-bond donors (Lipinski definition) is 1. The minimum Gasteiger partial charge on any atom is -0.462 e. The fourth-order valence-electron chi connectivity index (χ4n) is 9.06. The summed E-state index contributed by atoms with van der Waals surface area (Å²) in [5.74, 6) is -0.572. The summed E-state index contributed by atoms with van der Waals surface area (Å²) in [6.07, 6.45) is 71.9. The Hall–Kier alpha value is -1.62. The van der Waals surface area contributed by atoms with Crippen LogP contribution in [0.25, 0.3) is 0 Å². The maximum Gasteiger partial charge on any atom is 0.306 e. The molecule has 0 fully saturated rings. The number of carbonyl (C=O) groups excluding carboxylic acids is 2. The maximum atomic E-state index is 12.3. The van der Waals surface area contributed by atoms with Crippen molar-refractivity contribution in [2.45, 2.75) is 335 Å². The molecule has 0 amide bonds. The van der Waals surface area contributed by atoms with Gasteiger partial charge in [-0.3, -0.25) is 9.59 Å². The zero-order valence-corrected chi connectivity index (χ0v) is 44.0. The Morgan fingerprint density at radius 1 is 0.354 bits per heavy atom. The molecular formula is C60H114O5. The van der Waals surface area contributed by atoms with Crippen molar-refractivity contribution in [3.8, 4) is 0 Å². The van der Waals surface area contributed by atoms with Crippen LogP contribution in [-0.2, 0) is 19.1 Å². The van der Waals surface area contributed by atoms with Crippen molar-refractivity contribution in [3.05, 3.63) is 24.3 Å². The number of rotatable bonds is 55. The van der Waals surface area contributed by atoms with Crippen LogP contribution in [0.4, 0.5) is 0 Å². The van der Waals surface area contributed by atoms with Crippen LogP contribution in [0.1, 0.15) is 328 Å². The predicted molar refractivity (Wildman–Crippen MR) is 284 cm³/mol. The summed E-state index contributed by atoms with van der Waals surface area (Å²) >= 11 is 0. The molecule has 1 unspecified atom stereocenters. The lowest BCUT2D eigenvalue weighted by molar-refractivity contribution is -0.161. The minimum atomic E-state index is -0.765. The topological polar surface area (TPSA) is 72.8 Å². The molecule has 0 aliphatic heterocycles. The van der Waals surface area contributed by atoms with E-state index in [1.807, 2.05) is 0 Å². The summed E-state index contributed by atoms with van der Waals surface area (Å²) in [4.78, 5) is 24.4. The first-order chi connectivity index (χ1) is 32.1. The van der Waals surface area contributed by atoms with E-state index < -0.39 is 6.10 Å². The van der Waals surface area contributed by atoms with Crippen LogP contribution >= 0.6 is 0 Å². The minimum absolute atomic E-state index is 0.0580. The molecule has 0 aromatic rings. The predicted octanol–water partition coefficient (Wildman–Crippen LogP) is 19.7. The Morgan fingerprint density at radius 2 is 0.615 bits per heavy atom. The fraction of sp³-hybridized carbons (Fsp3) is 0.900. The second kappa shape index (κ2) is 56.7. The molecule has 5 nitrogen and oxygen atoms in total. The second-order valence-electron chi connectivity index (χ2n) is 20.1. The molecule has 0 bridgehead atoms. The van der Waals surface area contributed by atoms with E-state index in [9.17, 15) is 14.7 Å². The Labute approximate surface area is 406 Å². The first-order valence-electron chi connectivity index (χ1n) is 29.4. The van der Waals surface area contributed by atoms with E-state index in [0.717, 1.165) is 38.5 Å². The Kier molecular flexibility index (Phi) is 55.3. The third-order valence-corrected chi connectivity index (χ3v) is 13.5. The largest absolute Gasteiger partial charge is 0.462 e. The smallest absolute Gasteiger partial charge is 0.306 e. The van der Waals surface area contributed by atoms with Crippen molar-refractivity contribution in [1.29, 1.82) is 0 Å². The molecule has 0 saturated carbocycles. The van der Waals surface area contributed by atoms with Gasteiger partial charge < -0.3 is 14.6 Å². The van der Waals surface area contributed by atoms with Gasteiger partial charge in [0.1, 0.15) is 6.61 Å². The number of hydrogen-bond acceptors (Lipinski definition) is 5. The Bertz CT molecular complexity index is 990. The van der Waals surface area contributed by atoms with E-state index in [4.69, 9.17) is 9.47 Å². The van der Waals surface area contributed by atoms with Gasteiger partial charge in [0.25, 0.3) is 0 Å². The zero-order chi connectivity index (χ0) is 47.0. The summed E-state index contributed by atoms with van der Waals surface area (Å²) in [6.45, 7) is 4.16. The van der Waals surface area contributed by atoms with E-state index in [1.165, 1.54) is 263 Å². The molecule has 0 aliphatic rings. The zero-order valence-electron chi connectivity index (χ0n) is 44.0. The summed E-state index contributed by atoms with van der Waals surface area (Å²) in [7, 11) is 0. The van der Waals surface area contributed by atoms with Crippen LogP contribution in [0.3, 0.4) is 0 Å². The van der Waals surface area contributed by atoms with Crippen LogP contribution < -0.4 is 0 Å². The van der Waals surface area contributed by atoms with Gasteiger partial charge >= 0.3 is 11.9 Å². The molecule has 5 heteroatoms. The highest BCUT2D eigenvalue weighted by molar-refractivity contribution is 5.70. The Morgan fingerprint density at radius 3 is 0.908 bits per heavy atom. The number of esters is 2. The highest BCUT2D eigenvalue weighted by Crippen LogP contribution is 2.18. The lowest BCUT2D eigenvalue weighted by Gasteiger charge is -2.15.